The highest BCUT2D eigenvalue weighted by Crippen LogP contribution is 2.58. The zero-order valence-corrected chi connectivity index (χ0v) is 22.9. The Morgan fingerprint density at radius 3 is 2.48 bits per heavy atom. The molecule has 2 bridgehead atoms. The van der Waals surface area contributed by atoms with Crippen molar-refractivity contribution in [1.82, 2.24) is 4.57 Å². The van der Waals surface area contributed by atoms with Gasteiger partial charge in [-0.25, -0.2) is 17.2 Å². The van der Waals surface area contributed by atoms with E-state index in [1.807, 2.05) is 0 Å². The number of hydrogen-bond donors (Lipinski definition) is 3. The number of hydrogen-bond acceptors (Lipinski definition) is 6. The summed E-state index contributed by atoms with van der Waals surface area (Å²) in [5.41, 5.74) is 1.16. The molecule has 3 atom stereocenters. The first kappa shape index (κ1) is 27.2. The highest BCUT2D eigenvalue weighted by atomic mass is 32.2. The lowest BCUT2D eigenvalue weighted by atomic mass is 9.92. The van der Waals surface area contributed by atoms with Crippen molar-refractivity contribution in [1.29, 1.82) is 0 Å². The van der Waals surface area contributed by atoms with Crippen molar-refractivity contribution in [3.8, 4) is 0 Å². The largest absolute Gasteiger partial charge is 0.395 e. The van der Waals surface area contributed by atoms with Crippen LogP contribution in [0.5, 0.6) is 0 Å². The smallest absolute Gasteiger partial charge is 0.274 e. The topological polar surface area (TPSA) is 121 Å². The molecule has 216 valence electrons. The minimum absolute atomic E-state index is 0.0660. The van der Waals surface area contributed by atoms with Gasteiger partial charge in [-0.05, 0) is 80.2 Å². The minimum atomic E-state index is -3.76. The third-order valence-corrected chi connectivity index (χ3v) is 10.6. The lowest BCUT2D eigenvalue weighted by Gasteiger charge is -2.35. The van der Waals surface area contributed by atoms with Crippen molar-refractivity contribution in [3.63, 3.8) is 0 Å². The standard InChI is InChI=1S/C28H34F2N4O5S/c29-28(30)17-18-14-19(28)15-23(18)34-9-1-2-22(26(34)37)31-25(36)21-4-3-20(32-40(38,39)13-12-35)16-24(21)33-10-7-27(5-6-27)8-11-33/h1-4,9,16,18-19,23,32,35H,5-8,10-15,17H2,(H,31,36)/t18-,19-,23+/m1/s1. The number of carbonyl (C=O) groups excluding carboxylic acids is 1. The van der Waals surface area contributed by atoms with Crippen LogP contribution in [0.4, 0.5) is 25.8 Å². The van der Waals surface area contributed by atoms with Gasteiger partial charge in [0.1, 0.15) is 5.69 Å². The summed E-state index contributed by atoms with van der Waals surface area (Å²) in [6.45, 7) is 0.927. The van der Waals surface area contributed by atoms with Crippen LogP contribution >= 0.6 is 0 Å². The summed E-state index contributed by atoms with van der Waals surface area (Å²) in [7, 11) is -3.76. The first-order valence-corrected chi connectivity index (χ1v) is 15.6. The monoisotopic (exact) mass is 576 g/mol. The van der Waals surface area contributed by atoms with Gasteiger partial charge in [-0.1, -0.05) is 0 Å². The van der Waals surface area contributed by atoms with E-state index in [0.29, 0.717) is 23.1 Å². The number of aliphatic hydroxyl groups is 1. The Labute approximate surface area is 231 Å². The number of carbonyl (C=O) groups is 1. The first-order chi connectivity index (χ1) is 19.0. The molecule has 1 spiro atoms. The van der Waals surface area contributed by atoms with Crippen LogP contribution in [0.1, 0.15) is 61.3 Å². The van der Waals surface area contributed by atoms with Gasteiger partial charge >= 0.3 is 0 Å². The maximum absolute atomic E-state index is 14.1. The molecule has 2 aromatic rings. The van der Waals surface area contributed by atoms with E-state index in [9.17, 15) is 26.8 Å². The van der Waals surface area contributed by atoms with Crippen LogP contribution in [0.2, 0.25) is 0 Å². The average molecular weight is 577 g/mol. The van der Waals surface area contributed by atoms with Gasteiger partial charge in [0.15, 0.2) is 0 Å². The van der Waals surface area contributed by atoms with Crippen LogP contribution in [0, 0.1) is 17.3 Å². The molecule has 3 N–H and O–H groups in total. The zero-order chi connectivity index (χ0) is 28.3. The van der Waals surface area contributed by atoms with Gasteiger partial charge in [0.05, 0.1) is 29.3 Å². The molecule has 4 aliphatic rings. The summed E-state index contributed by atoms with van der Waals surface area (Å²) in [5, 5.41) is 11.8. The van der Waals surface area contributed by atoms with E-state index >= 15 is 0 Å². The number of aliphatic hydroxyl groups excluding tert-OH is 1. The fourth-order valence-corrected chi connectivity index (χ4v) is 7.71. The average Bonchev–Trinajstić information content (AvgIpc) is 3.40. The predicted molar refractivity (Wildman–Crippen MR) is 148 cm³/mol. The van der Waals surface area contributed by atoms with Crippen molar-refractivity contribution >= 4 is 33.0 Å². The number of fused-ring (bicyclic) bond motifs is 2. The SMILES string of the molecule is O=C(Nc1cccn([C@H]2C[C@H]3C[C@@H]2CC3(F)F)c1=O)c1ccc(NS(=O)(=O)CCO)cc1N1CCC2(CC1)CC2. The Hall–Kier alpha value is -2.99. The van der Waals surface area contributed by atoms with Crippen molar-refractivity contribution in [3.05, 3.63) is 52.4 Å². The molecule has 1 amide bonds. The number of piperidine rings is 1. The second-order valence-corrected chi connectivity index (χ2v) is 13.8. The first-order valence-electron chi connectivity index (χ1n) is 13.9. The van der Waals surface area contributed by atoms with E-state index in [1.165, 1.54) is 35.6 Å². The van der Waals surface area contributed by atoms with E-state index < -0.39 is 45.7 Å². The summed E-state index contributed by atoms with van der Waals surface area (Å²) < 4.78 is 56.6. The molecule has 3 aliphatic carbocycles. The molecule has 9 nitrogen and oxygen atoms in total. The second-order valence-electron chi connectivity index (χ2n) is 11.9. The van der Waals surface area contributed by atoms with Gasteiger partial charge < -0.3 is 19.9 Å². The molecule has 1 aromatic heterocycles. The molecule has 2 heterocycles. The van der Waals surface area contributed by atoms with Crippen LogP contribution in [-0.4, -0.2) is 55.4 Å². The fourth-order valence-electron chi connectivity index (χ4n) is 6.88. The Morgan fingerprint density at radius 2 is 1.85 bits per heavy atom. The maximum atomic E-state index is 14.1. The van der Waals surface area contributed by atoms with E-state index in [4.69, 9.17) is 5.11 Å². The number of nitrogens with zero attached hydrogens (tertiary/aromatic N) is 2. The number of anilines is 3. The molecule has 1 aliphatic heterocycles. The molecule has 6 rings (SSSR count). The quantitative estimate of drug-likeness (QED) is 0.440. The second kappa shape index (κ2) is 9.83. The third-order valence-electron chi connectivity index (χ3n) is 9.37. The van der Waals surface area contributed by atoms with E-state index in [2.05, 4.69) is 14.9 Å². The number of sulfonamides is 1. The van der Waals surface area contributed by atoms with Gasteiger partial charge in [0.25, 0.3) is 17.4 Å². The van der Waals surface area contributed by atoms with Crippen LogP contribution < -0.4 is 20.5 Å². The summed E-state index contributed by atoms with van der Waals surface area (Å²) in [4.78, 5) is 29.0. The molecule has 40 heavy (non-hydrogen) atoms. The minimum Gasteiger partial charge on any atom is -0.395 e. The molecular weight excluding hydrogens is 542 g/mol. The number of halogens is 2. The number of nitrogens with one attached hydrogen (secondary N) is 2. The van der Waals surface area contributed by atoms with Gasteiger partial charge in [-0.15, -0.1) is 0 Å². The van der Waals surface area contributed by atoms with Crippen molar-refractivity contribution in [2.45, 2.75) is 56.9 Å². The van der Waals surface area contributed by atoms with Crippen molar-refractivity contribution in [2.24, 2.45) is 17.3 Å². The number of alkyl halides is 2. The number of amides is 1. The molecule has 0 radical (unpaired) electrons. The van der Waals surface area contributed by atoms with E-state index in [0.717, 1.165) is 25.9 Å². The molecular formula is C28H34F2N4O5S. The van der Waals surface area contributed by atoms with E-state index in [1.54, 1.807) is 18.3 Å². The van der Waals surface area contributed by atoms with Crippen molar-refractivity contribution < 1.29 is 27.1 Å². The van der Waals surface area contributed by atoms with Crippen LogP contribution in [-0.2, 0) is 10.0 Å². The number of rotatable bonds is 8. The number of aromatic nitrogens is 1. The highest BCUT2D eigenvalue weighted by Gasteiger charge is 2.57. The van der Waals surface area contributed by atoms with Gasteiger partial charge in [0.2, 0.25) is 10.0 Å². The summed E-state index contributed by atoms with van der Waals surface area (Å²) in [6, 6.07) is 7.46. The highest BCUT2D eigenvalue weighted by molar-refractivity contribution is 7.92. The van der Waals surface area contributed by atoms with Gasteiger partial charge in [0, 0.05) is 37.7 Å². The van der Waals surface area contributed by atoms with Gasteiger partial charge in [-0.2, -0.15) is 0 Å². The maximum Gasteiger partial charge on any atom is 0.274 e. The van der Waals surface area contributed by atoms with Crippen LogP contribution in [0.3, 0.4) is 0 Å². The van der Waals surface area contributed by atoms with E-state index in [-0.39, 0.29) is 36.2 Å². The Balaban J connectivity index is 1.26. The molecule has 3 saturated carbocycles. The lowest BCUT2D eigenvalue weighted by Crippen LogP contribution is -2.36. The number of pyridine rings is 1. The van der Waals surface area contributed by atoms with Crippen molar-refractivity contribution in [2.75, 3.05) is 40.4 Å². The molecule has 1 saturated heterocycles. The van der Waals surface area contributed by atoms with Crippen LogP contribution in [0.15, 0.2) is 41.3 Å². The molecule has 0 unspecified atom stereocenters. The predicted octanol–water partition coefficient (Wildman–Crippen LogP) is 3.82. The normalized spacial score (nSPS) is 26.2. The Morgan fingerprint density at radius 1 is 1.10 bits per heavy atom. The third kappa shape index (κ3) is 5.11. The molecule has 1 aromatic carbocycles. The Kier molecular flexibility index (Phi) is 6.68. The fraction of sp³-hybridized carbons (Fsp3) is 0.571. The number of benzene rings is 1. The summed E-state index contributed by atoms with van der Waals surface area (Å²) in [6.07, 6.45) is 6.40. The zero-order valence-electron chi connectivity index (χ0n) is 22.1. The van der Waals surface area contributed by atoms with Gasteiger partial charge in [-0.3, -0.25) is 14.3 Å². The summed E-state index contributed by atoms with van der Waals surface area (Å²) >= 11 is 0. The summed E-state index contributed by atoms with van der Waals surface area (Å²) in [5.74, 6) is -4.63. The lowest BCUT2D eigenvalue weighted by molar-refractivity contribution is -0.0597. The molecule has 4 fully saturated rings. The molecule has 12 heteroatoms. The van der Waals surface area contributed by atoms with Crippen LogP contribution in [0.25, 0.3) is 0 Å². The Bertz CT molecular complexity index is 1480.